The molecule has 1 aliphatic heterocycles. The Morgan fingerprint density at radius 1 is 1.54 bits per heavy atom. The molecule has 1 N–H and O–H groups in total. The zero-order valence-electron chi connectivity index (χ0n) is 14.2. The van der Waals surface area contributed by atoms with Gasteiger partial charge in [0, 0.05) is 31.4 Å². The van der Waals surface area contributed by atoms with Gasteiger partial charge in [-0.1, -0.05) is 12.1 Å². The van der Waals surface area contributed by atoms with Crippen molar-refractivity contribution in [3.63, 3.8) is 0 Å². The van der Waals surface area contributed by atoms with Gasteiger partial charge in [0.1, 0.15) is 6.61 Å². The summed E-state index contributed by atoms with van der Waals surface area (Å²) in [5.41, 5.74) is 2.03. The van der Waals surface area contributed by atoms with Crippen LogP contribution in [0.1, 0.15) is 11.1 Å². The summed E-state index contributed by atoms with van der Waals surface area (Å²) in [6.07, 6.45) is 4.38. The van der Waals surface area contributed by atoms with Crippen LogP contribution in [0.25, 0.3) is 0 Å². The molecule has 0 aliphatic carbocycles. The molecule has 24 heavy (non-hydrogen) atoms. The highest BCUT2D eigenvalue weighted by Gasteiger charge is 2.24. The van der Waals surface area contributed by atoms with E-state index >= 15 is 0 Å². The van der Waals surface area contributed by atoms with E-state index in [9.17, 15) is 4.79 Å². The van der Waals surface area contributed by atoms with Crippen molar-refractivity contribution in [2.24, 2.45) is 7.05 Å². The molecule has 0 fully saturated rings. The fourth-order valence-electron chi connectivity index (χ4n) is 2.83. The molecule has 0 saturated carbocycles. The fourth-order valence-corrected chi connectivity index (χ4v) is 2.83. The summed E-state index contributed by atoms with van der Waals surface area (Å²) < 4.78 is 12.8. The third kappa shape index (κ3) is 3.45. The Bertz CT molecular complexity index is 728. The zero-order valence-corrected chi connectivity index (χ0v) is 14.2. The minimum atomic E-state index is -0.126. The van der Waals surface area contributed by atoms with E-state index in [1.54, 1.807) is 29.9 Å². The Kier molecular flexibility index (Phi) is 4.59. The molecule has 0 unspecified atom stereocenters. The summed E-state index contributed by atoms with van der Waals surface area (Å²) in [5.74, 6) is 1.50. The lowest BCUT2D eigenvalue weighted by atomic mass is 10.0. The molecular formula is C17H22N4O3. The molecule has 2 heterocycles. The molecule has 0 spiro atoms. The average Bonchev–Trinajstić information content (AvgIpc) is 2.98. The van der Waals surface area contributed by atoms with Gasteiger partial charge in [0.05, 0.1) is 25.9 Å². The maximum atomic E-state index is 12.4. The lowest BCUT2D eigenvalue weighted by Crippen LogP contribution is -2.47. The molecule has 0 radical (unpaired) electrons. The Morgan fingerprint density at radius 2 is 2.38 bits per heavy atom. The number of aromatic nitrogens is 2. The summed E-state index contributed by atoms with van der Waals surface area (Å²) >= 11 is 0. The van der Waals surface area contributed by atoms with Crippen LogP contribution in [0.2, 0.25) is 0 Å². The highest BCUT2D eigenvalue weighted by Crippen LogP contribution is 2.34. The van der Waals surface area contributed by atoms with Crippen molar-refractivity contribution in [2.75, 3.05) is 20.8 Å². The van der Waals surface area contributed by atoms with E-state index in [0.29, 0.717) is 13.2 Å². The summed E-state index contributed by atoms with van der Waals surface area (Å²) in [7, 11) is 5.25. The molecule has 1 aliphatic rings. The minimum Gasteiger partial charge on any atom is -0.493 e. The van der Waals surface area contributed by atoms with E-state index in [1.165, 1.54) is 0 Å². The largest absolute Gasteiger partial charge is 0.493 e. The molecule has 2 amide bonds. The van der Waals surface area contributed by atoms with Gasteiger partial charge in [-0.2, -0.15) is 5.10 Å². The Morgan fingerprint density at radius 3 is 3.08 bits per heavy atom. The normalized spacial score (nSPS) is 16.0. The lowest BCUT2D eigenvalue weighted by molar-refractivity contribution is 0.186. The molecule has 1 aromatic carbocycles. The first-order valence-corrected chi connectivity index (χ1v) is 7.84. The molecule has 128 valence electrons. The van der Waals surface area contributed by atoms with Crippen molar-refractivity contribution in [1.82, 2.24) is 20.0 Å². The van der Waals surface area contributed by atoms with E-state index in [1.807, 2.05) is 31.4 Å². The molecule has 3 rings (SSSR count). The van der Waals surface area contributed by atoms with Crippen molar-refractivity contribution < 1.29 is 14.3 Å². The van der Waals surface area contributed by atoms with E-state index in [-0.39, 0.29) is 12.1 Å². The van der Waals surface area contributed by atoms with Crippen LogP contribution < -0.4 is 14.8 Å². The smallest absolute Gasteiger partial charge is 0.317 e. The lowest BCUT2D eigenvalue weighted by Gasteiger charge is -2.28. The number of fused-ring (bicyclic) bond motifs is 1. The number of methoxy groups -OCH3 is 1. The van der Waals surface area contributed by atoms with Gasteiger partial charge in [-0.3, -0.25) is 4.68 Å². The SMILES string of the molecule is COc1cccc2c1OC[C@H](NC(=O)N(C)Cc1cnn(C)c1)C2. The van der Waals surface area contributed by atoms with Crippen LogP contribution in [0, 0.1) is 0 Å². The van der Waals surface area contributed by atoms with Crippen LogP contribution in [-0.2, 0) is 20.0 Å². The summed E-state index contributed by atoms with van der Waals surface area (Å²) in [4.78, 5) is 14.0. The second-order valence-corrected chi connectivity index (χ2v) is 5.99. The summed E-state index contributed by atoms with van der Waals surface area (Å²) in [6, 6.07) is 5.61. The van der Waals surface area contributed by atoms with Crippen molar-refractivity contribution in [1.29, 1.82) is 0 Å². The van der Waals surface area contributed by atoms with Crippen molar-refractivity contribution >= 4 is 6.03 Å². The van der Waals surface area contributed by atoms with Gasteiger partial charge in [0.25, 0.3) is 0 Å². The number of nitrogens with zero attached hydrogens (tertiary/aromatic N) is 3. The Labute approximate surface area is 141 Å². The maximum absolute atomic E-state index is 12.4. The molecule has 1 atom stereocenters. The highest BCUT2D eigenvalue weighted by molar-refractivity contribution is 5.74. The van der Waals surface area contributed by atoms with Gasteiger partial charge < -0.3 is 19.7 Å². The number of hydrogen-bond donors (Lipinski definition) is 1. The summed E-state index contributed by atoms with van der Waals surface area (Å²) in [6.45, 7) is 0.942. The van der Waals surface area contributed by atoms with Crippen LogP contribution in [0.15, 0.2) is 30.6 Å². The number of carbonyl (C=O) groups excluding carboxylic acids is 1. The summed E-state index contributed by atoms with van der Waals surface area (Å²) in [5, 5.41) is 7.13. The first-order valence-electron chi connectivity index (χ1n) is 7.84. The zero-order chi connectivity index (χ0) is 17.1. The second-order valence-electron chi connectivity index (χ2n) is 5.99. The number of hydrogen-bond acceptors (Lipinski definition) is 4. The van der Waals surface area contributed by atoms with E-state index in [2.05, 4.69) is 10.4 Å². The van der Waals surface area contributed by atoms with Crippen LogP contribution in [0.5, 0.6) is 11.5 Å². The van der Waals surface area contributed by atoms with E-state index in [0.717, 1.165) is 29.0 Å². The van der Waals surface area contributed by atoms with Gasteiger partial charge in [0.2, 0.25) is 0 Å². The number of aryl methyl sites for hydroxylation is 1. The molecule has 2 aromatic rings. The number of urea groups is 1. The minimum absolute atomic E-state index is 0.0616. The van der Waals surface area contributed by atoms with Crippen molar-refractivity contribution in [2.45, 2.75) is 19.0 Å². The number of para-hydroxylation sites is 1. The Hall–Kier alpha value is -2.70. The van der Waals surface area contributed by atoms with Crippen LogP contribution in [-0.4, -0.2) is 47.5 Å². The first-order chi connectivity index (χ1) is 11.6. The van der Waals surface area contributed by atoms with Gasteiger partial charge >= 0.3 is 6.03 Å². The molecular weight excluding hydrogens is 308 g/mol. The fraction of sp³-hybridized carbons (Fsp3) is 0.412. The molecule has 7 nitrogen and oxygen atoms in total. The topological polar surface area (TPSA) is 68.6 Å². The van der Waals surface area contributed by atoms with E-state index < -0.39 is 0 Å². The third-order valence-electron chi connectivity index (χ3n) is 4.03. The number of rotatable bonds is 4. The van der Waals surface area contributed by atoms with Gasteiger partial charge in [-0.25, -0.2) is 4.79 Å². The highest BCUT2D eigenvalue weighted by atomic mass is 16.5. The van der Waals surface area contributed by atoms with Crippen LogP contribution >= 0.6 is 0 Å². The van der Waals surface area contributed by atoms with Gasteiger partial charge in [0.15, 0.2) is 11.5 Å². The molecule has 1 aromatic heterocycles. The second kappa shape index (κ2) is 6.82. The first kappa shape index (κ1) is 16.2. The Balaban J connectivity index is 1.59. The predicted molar refractivity (Wildman–Crippen MR) is 89.2 cm³/mol. The standard InChI is InChI=1S/C17H22N4O3/c1-20(9-12-8-18-21(2)10-12)17(22)19-14-7-13-5-4-6-15(23-3)16(13)24-11-14/h4-6,8,10,14H,7,9,11H2,1-3H3,(H,19,22)/t14-/m1/s1. The maximum Gasteiger partial charge on any atom is 0.317 e. The molecule has 7 heteroatoms. The van der Waals surface area contributed by atoms with Crippen molar-refractivity contribution in [3.8, 4) is 11.5 Å². The molecule has 0 bridgehead atoms. The van der Waals surface area contributed by atoms with Gasteiger partial charge in [-0.05, 0) is 12.5 Å². The predicted octanol–water partition coefficient (Wildman–Crippen LogP) is 1.57. The number of amides is 2. The van der Waals surface area contributed by atoms with Crippen LogP contribution in [0.4, 0.5) is 4.79 Å². The number of benzene rings is 1. The number of nitrogens with one attached hydrogen (secondary N) is 1. The third-order valence-corrected chi connectivity index (χ3v) is 4.03. The number of carbonyl (C=O) groups is 1. The monoisotopic (exact) mass is 330 g/mol. The van der Waals surface area contributed by atoms with Crippen molar-refractivity contribution in [3.05, 3.63) is 41.7 Å². The quantitative estimate of drug-likeness (QED) is 0.924. The molecule has 0 saturated heterocycles. The number of ether oxygens (including phenoxy) is 2. The van der Waals surface area contributed by atoms with Gasteiger partial charge in [-0.15, -0.1) is 0 Å². The van der Waals surface area contributed by atoms with Crippen LogP contribution in [0.3, 0.4) is 0 Å². The van der Waals surface area contributed by atoms with E-state index in [4.69, 9.17) is 9.47 Å². The average molecular weight is 330 g/mol.